The highest BCUT2D eigenvalue weighted by molar-refractivity contribution is 5.74. The summed E-state index contributed by atoms with van der Waals surface area (Å²) in [6, 6.07) is 4.68. The molecule has 3 N–H and O–H groups in total. The van der Waals surface area contributed by atoms with Crippen LogP contribution in [-0.4, -0.2) is 33.3 Å². The minimum Gasteiger partial charge on any atom is -0.480 e. The first-order chi connectivity index (χ1) is 8.41. The topological polar surface area (TPSA) is 113 Å². The molecule has 0 radical (unpaired) electrons. The molecule has 7 nitrogen and oxygen atoms in total. The van der Waals surface area contributed by atoms with Crippen LogP contribution in [0.1, 0.15) is 12.5 Å². The number of aliphatic hydroxyl groups is 1. The number of hydrogen-bond donors (Lipinski definition) is 3. The number of nitrogens with one attached hydrogen (secondary N) is 1. The summed E-state index contributed by atoms with van der Waals surface area (Å²) in [5.41, 5.74) is 0.677. The highest BCUT2D eigenvalue weighted by Crippen LogP contribution is 2.11. The van der Waals surface area contributed by atoms with Gasteiger partial charge in [-0.2, -0.15) is 0 Å². The Balaban J connectivity index is 2.62. The molecule has 1 unspecified atom stereocenters. The van der Waals surface area contributed by atoms with Crippen LogP contribution in [-0.2, 0) is 11.3 Å². The lowest BCUT2D eigenvalue weighted by molar-refractivity contribution is -0.384. The number of non-ortho nitro benzene ring substituents is 1. The van der Waals surface area contributed by atoms with Crippen LogP contribution >= 0.6 is 0 Å². The molecule has 0 aliphatic rings. The van der Waals surface area contributed by atoms with Crippen molar-refractivity contribution in [3.05, 3.63) is 39.9 Å². The van der Waals surface area contributed by atoms with Crippen molar-refractivity contribution in [2.45, 2.75) is 25.6 Å². The van der Waals surface area contributed by atoms with Gasteiger partial charge >= 0.3 is 5.97 Å². The summed E-state index contributed by atoms with van der Waals surface area (Å²) < 4.78 is 0. The quantitative estimate of drug-likeness (QED) is 0.504. The Bertz CT molecular complexity index is 430. The SMILES string of the molecule is CC(O)[C@H](NCc1ccc([N+](=O)[O-])cc1)C(=O)O. The molecule has 0 bridgehead atoms. The lowest BCUT2D eigenvalue weighted by Crippen LogP contribution is -2.44. The summed E-state index contributed by atoms with van der Waals surface area (Å²) >= 11 is 0. The Kier molecular flexibility index (Phi) is 4.75. The van der Waals surface area contributed by atoms with Gasteiger partial charge in [0.1, 0.15) is 6.04 Å². The summed E-state index contributed by atoms with van der Waals surface area (Å²) in [7, 11) is 0. The summed E-state index contributed by atoms with van der Waals surface area (Å²) in [5.74, 6) is -1.15. The monoisotopic (exact) mass is 254 g/mol. The van der Waals surface area contributed by atoms with E-state index in [4.69, 9.17) is 5.11 Å². The first-order valence-electron chi connectivity index (χ1n) is 5.29. The molecule has 0 aliphatic heterocycles. The van der Waals surface area contributed by atoms with Crippen molar-refractivity contribution in [3.63, 3.8) is 0 Å². The Hall–Kier alpha value is -1.99. The molecule has 98 valence electrons. The van der Waals surface area contributed by atoms with Crippen LogP contribution in [0.4, 0.5) is 5.69 Å². The standard InChI is InChI=1S/C11H14N2O5/c1-7(14)10(11(15)16)12-6-8-2-4-9(5-3-8)13(17)18/h2-5,7,10,12,14H,6H2,1H3,(H,15,16)/t7?,10-/m0/s1. The molecular weight excluding hydrogens is 240 g/mol. The maximum atomic E-state index is 10.8. The van der Waals surface area contributed by atoms with E-state index in [1.807, 2.05) is 0 Å². The van der Waals surface area contributed by atoms with Gasteiger partial charge in [0.15, 0.2) is 0 Å². The van der Waals surface area contributed by atoms with Crippen molar-refractivity contribution in [1.82, 2.24) is 5.32 Å². The minimum absolute atomic E-state index is 0.0240. The largest absolute Gasteiger partial charge is 0.480 e. The lowest BCUT2D eigenvalue weighted by Gasteiger charge is -2.16. The molecule has 0 aromatic heterocycles. The van der Waals surface area contributed by atoms with E-state index >= 15 is 0 Å². The van der Waals surface area contributed by atoms with Gasteiger partial charge in [0.2, 0.25) is 0 Å². The van der Waals surface area contributed by atoms with E-state index in [0.29, 0.717) is 5.56 Å². The number of nitro groups is 1. The van der Waals surface area contributed by atoms with Gasteiger partial charge in [0, 0.05) is 18.7 Å². The molecule has 0 amide bonds. The zero-order valence-corrected chi connectivity index (χ0v) is 9.74. The maximum Gasteiger partial charge on any atom is 0.323 e. The molecule has 0 saturated carbocycles. The number of carbonyl (C=O) groups is 1. The molecule has 1 rings (SSSR count). The van der Waals surface area contributed by atoms with Crippen molar-refractivity contribution < 1.29 is 19.9 Å². The van der Waals surface area contributed by atoms with Crippen molar-refractivity contribution in [2.75, 3.05) is 0 Å². The third-order valence-electron chi connectivity index (χ3n) is 2.42. The Morgan fingerprint density at radius 2 is 2.00 bits per heavy atom. The molecule has 1 aromatic rings. The van der Waals surface area contributed by atoms with Crippen LogP contribution < -0.4 is 5.32 Å². The van der Waals surface area contributed by atoms with E-state index in [1.54, 1.807) is 0 Å². The number of nitro benzene ring substituents is 1. The van der Waals surface area contributed by atoms with Crippen LogP contribution in [0.25, 0.3) is 0 Å². The van der Waals surface area contributed by atoms with Crippen molar-refractivity contribution in [3.8, 4) is 0 Å². The Morgan fingerprint density at radius 1 is 1.44 bits per heavy atom. The van der Waals surface area contributed by atoms with Gasteiger partial charge in [0.05, 0.1) is 11.0 Å². The van der Waals surface area contributed by atoms with Crippen molar-refractivity contribution in [2.24, 2.45) is 0 Å². The summed E-state index contributed by atoms with van der Waals surface area (Å²) in [4.78, 5) is 20.7. The van der Waals surface area contributed by atoms with Gasteiger partial charge in [-0.1, -0.05) is 12.1 Å². The van der Waals surface area contributed by atoms with Gasteiger partial charge in [-0.25, -0.2) is 0 Å². The molecule has 1 aromatic carbocycles. The van der Waals surface area contributed by atoms with Gasteiger partial charge < -0.3 is 10.2 Å². The normalized spacial score (nSPS) is 13.9. The number of benzene rings is 1. The van der Waals surface area contributed by atoms with Crippen LogP contribution in [0.3, 0.4) is 0 Å². The zero-order valence-electron chi connectivity index (χ0n) is 9.74. The molecule has 7 heteroatoms. The number of hydrogen-bond acceptors (Lipinski definition) is 5. The minimum atomic E-state index is -1.15. The number of rotatable bonds is 6. The van der Waals surface area contributed by atoms with Gasteiger partial charge in [-0.05, 0) is 12.5 Å². The van der Waals surface area contributed by atoms with Gasteiger partial charge in [-0.3, -0.25) is 20.2 Å². The third-order valence-corrected chi connectivity index (χ3v) is 2.42. The van der Waals surface area contributed by atoms with E-state index in [-0.39, 0.29) is 12.2 Å². The average molecular weight is 254 g/mol. The number of aliphatic hydroxyl groups excluding tert-OH is 1. The number of carboxylic acid groups (broad SMARTS) is 1. The molecular formula is C11H14N2O5. The summed E-state index contributed by atoms with van der Waals surface area (Å²) in [5, 5.41) is 31.2. The van der Waals surface area contributed by atoms with Gasteiger partial charge in [-0.15, -0.1) is 0 Å². The molecule has 0 spiro atoms. The molecule has 2 atom stereocenters. The second-order valence-electron chi connectivity index (χ2n) is 3.86. The number of nitrogens with zero attached hydrogens (tertiary/aromatic N) is 1. The molecule has 0 heterocycles. The molecule has 0 aliphatic carbocycles. The fourth-order valence-electron chi connectivity index (χ4n) is 1.43. The predicted molar refractivity (Wildman–Crippen MR) is 63.0 cm³/mol. The van der Waals surface area contributed by atoms with Crippen LogP contribution in [0, 0.1) is 10.1 Å². The number of carboxylic acids is 1. The fraction of sp³-hybridized carbons (Fsp3) is 0.364. The second kappa shape index (κ2) is 6.08. The second-order valence-corrected chi connectivity index (χ2v) is 3.86. The number of aliphatic carboxylic acids is 1. The lowest BCUT2D eigenvalue weighted by atomic mass is 10.1. The summed E-state index contributed by atoms with van der Waals surface area (Å²) in [6.45, 7) is 1.58. The molecule has 18 heavy (non-hydrogen) atoms. The zero-order chi connectivity index (χ0) is 13.7. The first-order valence-corrected chi connectivity index (χ1v) is 5.29. The highest BCUT2D eigenvalue weighted by Gasteiger charge is 2.21. The van der Waals surface area contributed by atoms with E-state index in [2.05, 4.69) is 5.32 Å². The van der Waals surface area contributed by atoms with Crippen LogP contribution in [0.2, 0.25) is 0 Å². The summed E-state index contributed by atoms with van der Waals surface area (Å²) in [6.07, 6.45) is -1.03. The predicted octanol–water partition coefficient (Wildman–Crippen LogP) is 0.518. The highest BCUT2D eigenvalue weighted by atomic mass is 16.6. The Labute approximate surface area is 103 Å². The average Bonchev–Trinajstić information content (AvgIpc) is 2.28. The van der Waals surface area contributed by atoms with Crippen LogP contribution in [0.15, 0.2) is 24.3 Å². The van der Waals surface area contributed by atoms with E-state index < -0.39 is 23.0 Å². The first kappa shape index (κ1) is 14.1. The molecule has 0 saturated heterocycles. The smallest absolute Gasteiger partial charge is 0.323 e. The molecule has 0 fully saturated rings. The van der Waals surface area contributed by atoms with Crippen molar-refractivity contribution >= 4 is 11.7 Å². The van der Waals surface area contributed by atoms with E-state index in [0.717, 1.165) is 0 Å². The fourth-order valence-corrected chi connectivity index (χ4v) is 1.43. The third kappa shape index (κ3) is 3.79. The maximum absolute atomic E-state index is 10.8. The van der Waals surface area contributed by atoms with Crippen molar-refractivity contribution in [1.29, 1.82) is 0 Å². The van der Waals surface area contributed by atoms with E-state index in [1.165, 1.54) is 31.2 Å². The Morgan fingerprint density at radius 3 is 2.39 bits per heavy atom. The van der Waals surface area contributed by atoms with E-state index in [9.17, 15) is 20.0 Å². The van der Waals surface area contributed by atoms with Crippen LogP contribution in [0.5, 0.6) is 0 Å². The van der Waals surface area contributed by atoms with Gasteiger partial charge in [0.25, 0.3) is 5.69 Å².